The Morgan fingerprint density at radius 1 is 0.547 bits per heavy atom. The molecule has 0 heteroatoms. The topological polar surface area (TPSA) is 0 Å². The summed E-state index contributed by atoms with van der Waals surface area (Å²) in [6, 6.07) is 52.9. The van der Waals surface area contributed by atoms with Crippen molar-refractivity contribution in [3.63, 3.8) is 0 Å². The third-order valence-electron chi connectivity index (χ3n) is 11.7. The molecule has 0 heterocycles. The summed E-state index contributed by atoms with van der Waals surface area (Å²) in [7, 11) is 0. The summed E-state index contributed by atoms with van der Waals surface area (Å²) in [6.45, 7) is 8.89. The Hall–Kier alpha value is -5.72. The number of benzene rings is 8. The maximum Gasteiger partial charge on any atom is -0.00642 e. The number of rotatable bonds is 8. The molecule has 0 N–H and O–H groups in total. The second-order valence-corrected chi connectivity index (χ2v) is 15.0. The first-order chi connectivity index (χ1) is 26.1. The Morgan fingerprint density at radius 3 is 1.81 bits per heavy atom. The van der Waals surface area contributed by atoms with Crippen LogP contribution in [0.2, 0.25) is 0 Å². The Balaban J connectivity index is 1.24. The van der Waals surface area contributed by atoms with E-state index in [9.17, 15) is 0 Å². The van der Waals surface area contributed by atoms with Crippen molar-refractivity contribution in [1.29, 1.82) is 0 Å². The number of fused-ring (bicyclic) bond motifs is 7. The van der Waals surface area contributed by atoms with Crippen LogP contribution in [0.3, 0.4) is 0 Å². The number of hydrogen-bond acceptors (Lipinski definition) is 0. The van der Waals surface area contributed by atoms with Crippen molar-refractivity contribution in [3.05, 3.63) is 174 Å². The van der Waals surface area contributed by atoms with E-state index in [2.05, 4.69) is 179 Å². The molecule has 9 rings (SSSR count). The lowest BCUT2D eigenvalue weighted by molar-refractivity contribution is 0.920. The molecule has 0 nitrogen and oxygen atoms in total. The molecular formula is C53H46. The summed E-state index contributed by atoms with van der Waals surface area (Å²) < 4.78 is 0. The lowest BCUT2D eigenvalue weighted by atomic mass is 9.85. The minimum Gasteiger partial charge on any atom is -0.0874 e. The Morgan fingerprint density at radius 2 is 1.15 bits per heavy atom. The highest BCUT2D eigenvalue weighted by atomic mass is 14.3. The first kappa shape index (κ1) is 33.1. The SMILES string of the molecule is C/C=C\C(C)=C(/C)c1cccc(-c2ccc3c4ccc(-c5ccc(C6CC6)c6c(-c7ccccc7)cccc56)cc4c4ccccc4c3c2)c1CCC. The minimum absolute atomic E-state index is 0.663. The van der Waals surface area contributed by atoms with Crippen molar-refractivity contribution >= 4 is 48.7 Å². The average molecular weight is 683 g/mol. The van der Waals surface area contributed by atoms with Crippen LogP contribution in [0.1, 0.15) is 69.6 Å². The van der Waals surface area contributed by atoms with E-state index >= 15 is 0 Å². The van der Waals surface area contributed by atoms with Crippen LogP contribution in [0.15, 0.2) is 157 Å². The summed E-state index contributed by atoms with van der Waals surface area (Å²) in [6.07, 6.45) is 9.09. The quantitative estimate of drug-likeness (QED) is 0.111. The Bertz CT molecular complexity index is 2730. The van der Waals surface area contributed by atoms with Crippen LogP contribution in [-0.2, 0) is 6.42 Å². The number of allylic oxidation sites excluding steroid dienone is 4. The molecule has 0 atom stereocenters. The van der Waals surface area contributed by atoms with E-state index in [4.69, 9.17) is 0 Å². The zero-order valence-electron chi connectivity index (χ0n) is 31.3. The number of hydrogen-bond donors (Lipinski definition) is 0. The minimum atomic E-state index is 0.663. The molecular weight excluding hydrogens is 637 g/mol. The fraction of sp³-hybridized carbons (Fsp3) is 0.170. The van der Waals surface area contributed by atoms with Crippen LogP contribution in [0.4, 0.5) is 0 Å². The van der Waals surface area contributed by atoms with Gasteiger partial charge in [-0.25, -0.2) is 0 Å². The molecule has 0 aromatic heterocycles. The van der Waals surface area contributed by atoms with Gasteiger partial charge in [0, 0.05) is 0 Å². The van der Waals surface area contributed by atoms with Gasteiger partial charge < -0.3 is 0 Å². The van der Waals surface area contributed by atoms with Crippen LogP contribution in [0.5, 0.6) is 0 Å². The monoisotopic (exact) mass is 682 g/mol. The van der Waals surface area contributed by atoms with Gasteiger partial charge in [0.05, 0.1) is 0 Å². The van der Waals surface area contributed by atoms with Crippen LogP contribution >= 0.6 is 0 Å². The van der Waals surface area contributed by atoms with Crippen LogP contribution in [-0.4, -0.2) is 0 Å². The van der Waals surface area contributed by atoms with E-state index in [1.165, 1.54) is 117 Å². The molecule has 53 heavy (non-hydrogen) atoms. The van der Waals surface area contributed by atoms with E-state index in [1.807, 2.05) is 0 Å². The van der Waals surface area contributed by atoms with E-state index in [-0.39, 0.29) is 0 Å². The highest BCUT2D eigenvalue weighted by molar-refractivity contribution is 6.26. The summed E-state index contributed by atoms with van der Waals surface area (Å²) in [4.78, 5) is 0. The third kappa shape index (κ3) is 5.78. The van der Waals surface area contributed by atoms with E-state index in [0.29, 0.717) is 5.92 Å². The standard InChI is InChI=1S/C53H46/c1-5-14-34(3)35(4)40-20-12-21-41(45(40)15-6-2)38-26-28-48-49-29-27-39(33-52(49)47-19-11-10-18-46(47)51(48)32-38)42-30-31-44(37-24-25-37)53-43(22-13-23-50(42)53)36-16-8-7-9-17-36/h5,7-14,16-23,26-33,37H,6,15,24-25H2,1-4H3/b14-5-,35-34+. The molecule has 0 unspecified atom stereocenters. The molecule has 0 bridgehead atoms. The summed E-state index contributed by atoms with van der Waals surface area (Å²) in [5.41, 5.74) is 14.8. The lowest BCUT2D eigenvalue weighted by Gasteiger charge is -2.18. The molecule has 0 radical (unpaired) electrons. The van der Waals surface area contributed by atoms with Gasteiger partial charge in [-0.1, -0.05) is 153 Å². The molecule has 258 valence electrons. The van der Waals surface area contributed by atoms with Crippen molar-refractivity contribution in [1.82, 2.24) is 0 Å². The molecule has 1 aliphatic rings. The Kier molecular flexibility index (Phi) is 8.55. The van der Waals surface area contributed by atoms with Gasteiger partial charge in [0.2, 0.25) is 0 Å². The predicted octanol–water partition coefficient (Wildman–Crippen LogP) is 15.5. The molecule has 8 aromatic rings. The molecule has 8 aromatic carbocycles. The smallest absolute Gasteiger partial charge is 0.00642 e. The molecule has 0 aliphatic heterocycles. The van der Waals surface area contributed by atoms with E-state index < -0.39 is 0 Å². The zero-order chi connectivity index (χ0) is 36.1. The van der Waals surface area contributed by atoms with Crippen molar-refractivity contribution in [2.24, 2.45) is 0 Å². The molecule has 1 fully saturated rings. The Labute approximate surface area is 314 Å². The predicted molar refractivity (Wildman–Crippen MR) is 232 cm³/mol. The molecule has 1 aliphatic carbocycles. The molecule has 1 saturated carbocycles. The van der Waals surface area contributed by atoms with Crippen molar-refractivity contribution in [2.75, 3.05) is 0 Å². The van der Waals surface area contributed by atoms with Gasteiger partial charge in [0.15, 0.2) is 0 Å². The highest BCUT2D eigenvalue weighted by Gasteiger charge is 2.27. The fourth-order valence-electron chi connectivity index (χ4n) is 8.89. The van der Waals surface area contributed by atoms with Crippen LogP contribution in [0, 0.1) is 0 Å². The average Bonchev–Trinajstić information content (AvgIpc) is 4.06. The maximum atomic E-state index is 2.46. The first-order valence-electron chi connectivity index (χ1n) is 19.5. The van der Waals surface area contributed by atoms with E-state index in [1.54, 1.807) is 0 Å². The van der Waals surface area contributed by atoms with Gasteiger partial charge in [-0.2, -0.15) is 0 Å². The van der Waals surface area contributed by atoms with Gasteiger partial charge in [-0.05, 0) is 162 Å². The van der Waals surface area contributed by atoms with Crippen LogP contribution in [0.25, 0.3) is 82.0 Å². The van der Waals surface area contributed by atoms with Gasteiger partial charge in [-0.15, -0.1) is 0 Å². The van der Waals surface area contributed by atoms with Crippen molar-refractivity contribution in [2.45, 2.75) is 59.3 Å². The summed E-state index contributed by atoms with van der Waals surface area (Å²) in [5, 5.41) is 10.6. The van der Waals surface area contributed by atoms with Gasteiger partial charge in [0.25, 0.3) is 0 Å². The van der Waals surface area contributed by atoms with Crippen molar-refractivity contribution < 1.29 is 0 Å². The second-order valence-electron chi connectivity index (χ2n) is 15.0. The van der Waals surface area contributed by atoms with Crippen LogP contribution < -0.4 is 0 Å². The lowest BCUT2D eigenvalue weighted by Crippen LogP contribution is -1.97. The summed E-state index contributed by atoms with van der Waals surface area (Å²) >= 11 is 0. The molecule has 0 saturated heterocycles. The van der Waals surface area contributed by atoms with E-state index in [0.717, 1.165) is 12.8 Å². The van der Waals surface area contributed by atoms with Gasteiger partial charge in [0.1, 0.15) is 0 Å². The second kappa shape index (κ2) is 13.7. The van der Waals surface area contributed by atoms with Crippen molar-refractivity contribution in [3.8, 4) is 33.4 Å². The zero-order valence-corrected chi connectivity index (χ0v) is 31.3. The first-order valence-corrected chi connectivity index (χ1v) is 19.5. The van der Waals surface area contributed by atoms with Gasteiger partial charge >= 0.3 is 0 Å². The molecule has 0 spiro atoms. The van der Waals surface area contributed by atoms with Gasteiger partial charge in [-0.3, -0.25) is 0 Å². The fourth-order valence-corrected chi connectivity index (χ4v) is 8.89. The molecule has 0 amide bonds. The summed E-state index contributed by atoms with van der Waals surface area (Å²) in [5.74, 6) is 0.663. The largest absolute Gasteiger partial charge is 0.0874 e. The third-order valence-corrected chi connectivity index (χ3v) is 11.7. The maximum absolute atomic E-state index is 2.46. The normalized spacial score (nSPS) is 13.8. The highest BCUT2D eigenvalue weighted by Crippen LogP contribution is 2.48.